The van der Waals surface area contributed by atoms with Crippen LogP contribution in [0, 0.1) is 0 Å². The Hall–Kier alpha value is -4.83. The highest BCUT2D eigenvalue weighted by Crippen LogP contribution is 2.19. The summed E-state index contributed by atoms with van der Waals surface area (Å²) in [5, 5.41) is 5.76. The number of cyclic esters (lactones) is 2. The van der Waals surface area contributed by atoms with E-state index in [2.05, 4.69) is 15.6 Å². The molecule has 2 aromatic heterocycles. The number of nitrogens with one attached hydrogen (secondary N) is 2. The van der Waals surface area contributed by atoms with Gasteiger partial charge in [-0.25, -0.2) is 14.6 Å². The molecule has 2 atom stereocenters. The molecule has 0 spiro atoms. The van der Waals surface area contributed by atoms with Gasteiger partial charge < -0.3 is 20.1 Å². The molecular weight excluding hydrogens is 542 g/mol. The van der Waals surface area contributed by atoms with Crippen LogP contribution in [0.15, 0.2) is 91.0 Å². The van der Waals surface area contributed by atoms with Crippen molar-refractivity contribution in [1.82, 2.24) is 15.6 Å². The lowest BCUT2D eigenvalue weighted by Crippen LogP contribution is -2.42. The molecule has 2 aromatic carbocycles. The van der Waals surface area contributed by atoms with Gasteiger partial charge in [-0.15, -0.1) is 11.3 Å². The number of benzene rings is 2. The topological polar surface area (TPSA) is 124 Å². The molecule has 2 N–H and O–H groups in total. The highest BCUT2D eigenvalue weighted by Gasteiger charge is 2.23. The molecule has 10 heteroatoms. The summed E-state index contributed by atoms with van der Waals surface area (Å²) in [6.45, 7) is -0.225. The molecule has 9 nitrogen and oxygen atoms in total. The highest BCUT2D eigenvalue weighted by atomic mass is 32.1. The molecule has 4 bridgehead atoms. The number of rotatable bonds is 4. The van der Waals surface area contributed by atoms with E-state index >= 15 is 0 Å². The molecule has 1 aliphatic rings. The molecule has 0 fully saturated rings. The Labute approximate surface area is 240 Å². The SMILES string of the molecule is O=C1N[C@@H](Cc2ccccc2)COC(=O)c2ccc(s2)C(=O)OC[C@H](Cc2ccccc2)NC(=O)c2cccc1n2. The van der Waals surface area contributed by atoms with Gasteiger partial charge in [0.1, 0.15) is 34.4 Å². The van der Waals surface area contributed by atoms with Crippen LogP contribution in [0.3, 0.4) is 0 Å². The van der Waals surface area contributed by atoms with Crippen molar-refractivity contribution in [1.29, 1.82) is 0 Å². The van der Waals surface area contributed by atoms with Crippen LogP contribution >= 0.6 is 11.3 Å². The minimum absolute atomic E-state index is 0.0390. The highest BCUT2D eigenvalue weighted by molar-refractivity contribution is 7.15. The number of ether oxygens (including phenoxy) is 2. The third-order valence-corrected chi connectivity index (χ3v) is 7.42. The summed E-state index contributed by atoms with van der Waals surface area (Å²) in [5.74, 6) is -2.24. The van der Waals surface area contributed by atoms with Crippen LogP contribution in [0.4, 0.5) is 0 Å². The lowest BCUT2D eigenvalue weighted by molar-refractivity contribution is 0.0459. The summed E-state index contributed by atoms with van der Waals surface area (Å²) < 4.78 is 11.1. The number of fused-ring (bicyclic) bond motifs is 4. The van der Waals surface area contributed by atoms with Crippen molar-refractivity contribution >= 4 is 35.1 Å². The van der Waals surface area contributed by atoms with E-state index in [1.165, 1.54) is 24.3 Å². The summed E-state index contributed by atoms with van der Waals surface area (Å²) in [7, 11) is 0. The summed E-state index contributed by atoms with van der Waals surface area (Å²) in [4.78, 5) is 56.8. The van der Waals surface area contributed by atoms with Crippen molar-refractivity contribution in [2.75, 3.05) is 13.2 Å². The van der Waals surface area contributed by atoms with Crippen molar-refractivity contribution in [3.8, 4) is 0 Å². The molecular formula is C31H27N3O6S. The summed E-state index contributed by atoms with van der Waals surface area (Å²) >= 11 is 0.956. The van der Waals surface area contributed by atoms with Gasteiger partial charge in [-0.1, -0.05) is 66.7 Å². The Balaban J connectivity index is 1.43. The van der Waals surface area contributed by atoms with E-state index in [0.717, 1.165) is 22.5 Å². The fraction of sp³-hybridized carbons (Fsp3) is 0.194. The zero-order valence-corrected chi connectivity index (χ0v) is 22.8. The number of thiophene rings is 1. The van der Waals surface area contributed by atoms with Gasteiger partial charge in [-0.2, -0.15) is 0 Å². The van der Waals surface area contributed by atoms with Crippen LogP contribution < -0.4 is 10.6 Å². The molecule has 5 rings (SSSR count). The van der Waals surface area contributed by atoms with Gasteiger partial charge in [-0.05, 0) is 48.2 Å². The lowest BCUT2D eigenvalue weighted by Gasteiger charge is -2.20. The first-order valence-electron chi connectivity index (χ1n) is 13.1. The average molecular weight is 570 g/mol. The van der Waals surface area contributed by atoms with Crippen LogP contribution in [0.2, 0.25) is 0 Å². The Kier molecular flexibility index (Phi) is 8.80. The van der Waals surface area contributed by atoms with Gasteiger partial charge in [-0.3, -0.25) is 9.59 Å². The molecule has 208 valence electrons. The standard InChI is InChI=1S/C31H27N3O6S/c35-28-24-12-7-13-25(34-24)29(36)33-23(17-21-10-5-2-6-11-21)19-40-31(38)27-15-14-26(41-27)30(37)39-18-22(32-28)16-20-8-3-1-4-9-20/h1-15,22-23H,16-19H2,(H,32,35)(H,33,36)/t22-,23-/m0/s1. The third kappa shape index (κ3) is 7.43. The van der Waals surface area contributed by atoms with Crippen molar-refractivity contribution in [2.45, 2.75) is 24.9 Å². The number of nitrogens with zero attached hydrogens (tertiary/aromatic N) is 1. The van der Waals surface area contributed by atoms with Crippen LogP contribution in [0.25, 0.3) is 0 Å². The van der Waals surface area contributed by atoms with Crippen molar-refractivity contribution < 1.29 is 28.7 Å². The molecule has 0 saturated carbocycles. The predicted octanol–water partition coefficient (Wildman–Crippen LogP) is 3.85. The number of aromatic nitrogens is 1. The third-order valence-electron chi connectivity index (χ3n) is 6.37. The molecule has 0 saturated heterocycles. The average Bonchev–Trinajstić information content (AvgIpc) is 3.50. The Bertz CT molecular complexity index is 1430. The number of pyridine rings is 1. The summed E-state index contributed by atoms with van der Waals surface area (Å²) in [6.07, 6.45) is 0.784. The van der Waals surface area contributed by atoms with Crippen molar-refractivity contribution in [3.63, 3.8) is 0 Å². The van der Waals surface area contributed by atoms with Crippen molar-refractivity contribution in [3.05, 3.63) is 123 Å². The molecule has 0 aliphatic carbocycles. The molecule has 0 radical (unpaired) electrons. The quantitative estimate of drug-likeness (QED) is 0.358. The van der Waals surface area contributed by atoms with E-state index in [1.807, 2.05) is 60.7 Å². The number of esters is 2. The first-order chi connectivity index (χ1) is 19.9. The zero-order valence-electron chi connectivity index (χ0n) is 21.9. The molecule has 3 heterocycles. The van der Waals surface area contributed by atoms with Gasteiger partial charge in [0.25, 0.3) is 11.8 Å². The van der Waals surface area contributed by atoms with Gasteiger partial charge in [0.15, 0.2) is 0 Å². The second-order valence-electron chi connectivity index (χ2n) is 9.49. The Morgan fingerprint density at radius 2 is 1.05 bits per heavy atom. The largest absolute Gasteiger partial charge is 0.459 e. The fourth-order valence-corrected chi connectivity index (χ4v) is 5.15. The number of carbonyl (C=O) groups is 4. The zero-order chi connectivity index (χ0) is 28.6. The number of amides is 2. The van der Waals surface area contributed by atoms with Gasteiger partial charge in [0, 0.05) is 0 Å². The first kappa shape index (κ1) is 27.7. The van der Waals surface area contributed by atoms with Gasteiger partial charge in [0.05, 0.1) is 12.1 Å². The summed E-state index contributed by atoms with van der Waals surface area (Å²) in [5.41, 5.74) is 1.94. The van der Waals surface area contributed by atoms with E-state index < -0.39 is 35.8 Å². The minimum Gasteiger partial charge on any atom is -0.459 e. The second kappa shape index (κ2) is 13.0. The maximum absolute atomic E-state index is 13.2. The fourth-order valence-electron chi connectivity index (χ4n) is 4.36. The normalized spacial score (nSPS) is 18.2. The van der Waals surface area contributed by atoms with Crippen LogP contribution in [0.5, 0.6) is 0 Å². The number of carbonyl (C=O) groups excluding carboxylic acids is 4. The molecule has 2 amide bonds. The van der Waals surface area contributed by atoms with E-state index in [-0.39, 0.29) is 34.4 Å². The molecule has 1 aliphatic heterocycles. The summed E-state index contributed by atoms with van der Waals surface area (Å²) in [6, 6.07) is 25.4. The van der Waals surface area contributed by atoms with Gasteiger partial charge in [0.2, 0.25) is 0 Å². The van der Waals surface area contributed by atoms with E-state index in [0.29, 0.717) is 12.8 Å². The Morgan fingerprint density at radius 1 is 0.610 bits per heavy atom. The maximum Gasteiger partial charge on any atom is 0.348 e. The number of hydrogen-bond donors (Lipinski definition) is 2. The second-order valence-corrected chi connectivity index (χ2v) is 10.6. The Morgan fingerprint density at radius 3 is 1.49 bits per heavy atom. The molecule has 41 heavy (non-hydrogen) atoms. The smallest absolute Gasteiger partial charge is 0.348 e. The number of hydrogen-bond acceptors (Lipinski definition) is 8. The monoisotopic (exact) mass is 569 g/mol. The predicted molar refractivity (Wildman–Crippen MR) is 152 cm³/mol. The molecule has 0 unspecified atom stereocenters. The van der Waals surface area contributed by atoms with E-state index in [4.69, 9.17) is 9.47 Å². The van der Waals surface area contributed by atoms with E-state index in [9.17, 15) is 19.2 Å². The van der Waals surface area contributed by atoms with Crippen LogP contribution in [0.1, 0.15) is 51.4 Å². The van der Waals surface area contributed by atoms with E-state index in [1.54, 1.807) is 6.07 Å². The lowest BCUT2D eigenvalue weighted by atomic mass is 10.1. The first-order valence-corrected chi connectivity index (χ1v) is 13.9. The van der Waals surface area contributed by atoms with Gasteiger partial charge >= 0.3 is 11.9 Å². The minimum atomic E-state index is -0.614. The van der Waals surface area contributed by atoms with Crippen molar-refractivity contribution in [2.24, 2.45) is 0 Å². The van der Waals surface area contributed by atoms with Crippen LogP contribution in [-0.4, -0.2) is 54.0 Å². The molecule has 4 aromatic rings. The maximum atomic E-state index is 13.2. The van der Waals surface area contributed by atoms with Crippen LogP contribution in [-0.2, 0) is 22.3 Å².